The summed E-state index contributed by atoms with van der Waals surface area (Å²) in [5.41, 5.74) is 7.35. The van der Waals surface area contributed by atoms with Crippen molar-refractivity contribution in [1.29, 1.82) is 0 Å². The monoisotopic (exact) mass is 253 g/mol. The molecule has 0 atom stereocenters. The van der Waals surface area contributed by atoms with Crippen molar-refractivity contribution in [3.63, 3.8) is 0 Å². The summed E-state index contributed by atoms with van der Waals surface area (Å²) in [6, 6.07) is 5.25. The molecule has 14 heavy (non-hydrogen) atoms. The van der Waals surface area contributed by atoms with Crippen molar-refractivity contribution in [1.82, 2.24) is 0 Å². The standard InChI is InChI=1S/C11H16AsNO/c1-3-11(12,4-2)9-7-8(13)5-6-10(9)14/h5-7,14H,3-4,13H2,1-2H3. The van der Waals surface area contributed by atoms with Crippen molar-refractivity contribution in [3.05, 3.63) is 23.8 Å². The van der Waals surface area contributed by atoms with E-state index in [0.29, 0.717) is 11.4 Å². The second kappa shape index (κ2) is 4.27. The zero-order valence-electron chi connectivity index (χ0n) is 8.62. The van der Waals surface area contributed by atoms with Crippen LogP contribution in [0.2, 0.25) is 0 Å². The van der Waals surface area contributed by atoms with Gasteiger partial charge in [-0.1, -0.05) is 0 Å². The first kappa shape index (κ1) is 11.5. The molecule has 2 nitrogen and oxygen atoms in total. The summed E-state index contributed by atoms with van der Waals surface area (Å²) in [6.45, 7) is 4.23. The van der Waals surface area contributed by atoms with E-state index in [4.69, 9.17) is 5.73 Å². The molecule has 2 radical (unpaired) electrons. The number of anilines is 1. The fraction of sp³-hybridized carbons (Fsp3) is 0.455. The van der Waals surface area contributed by atoms with Gasteiger partial charge >= 0.3 is 93.8 Å². The maximum absolute atomic E-state index is 9.77. The molecule has 3 N–H and O–H groups in total. The summed E-state index contributed by atoms with van der Waals surface area (Å²) in [4.78, 5) is 0. The maximum atomic E-state index is 9.77. The van der Waals surface area contributed by atoms with E-state index in [2.05, 4.69) is 30.7 Å². The van der Waals surface area contributed by atoms with E-state index in [0.717, 1.165) is 18.4 Å². The fourth-order valence-electron chi connectivity index (χ4n) is 1.56. The van der Waals surface area contributed by atoms with Gasteiger partial charge in [-0.15, -0.1) is 0 Å². The Hall–Kier alpha value is -0.622. The molecule has 0 saturated heterocycles. The van der Waals surface area contributed by atoms with Crippen molar-refractivity contribution < 1.29 is 5.11 Å². The van der Waals surface area contributed by atoms with Gasteiger partial charge in [-0.25, -0.2) is 0 Å². The number of nitrogens with two attached hydrogens (primary N) is 1. The minimum atomic E-state index is -0.0353. The molecule has 0 aliphatic carbocycles. The first-order valence-electron chi connectivity index (χ1n) is 4.85. The zero-order valence-corrected chi connectivity index (χ0v) is 10.5. The average molecular weight is 253 g/mol. The van der Waals surface area contributed by atoms with Crippen molar-refractivity contribution in [2.45, 2.75) is 30.9 Å². The van der Waals surface area contributed by atoms with Crippen LogP contribution < -0.4 is 5.73 Å². The first-order chi connectivity index (χ1) is 6.53. The zero-order chi connectivity index (χ0) is 10.8. The molecule has 0 heterocycles. The summed E-state index contributed by atoms with van der Waals surface area (Å²) >= 11 is 2.66. The van der Waals surface area contributed by atoms with E-state index < -0.39 is 0 Å². The molecule has 0 aliphatic heterocycles. The number of rotatable bonds is 3. The second-order valence-electron chi connectivity index (χ2n) is 3.52. The van der Waals surface area contributed by atoms with Gasteiger partial charge in [0, 0.05) is 0 Å². The number of hydrogen-bond acceptors (Lipinski definition) is 2. The van der Waals surface area contributed by atoms with Crippen LogP contribution in [0.5, 0.6) is 5.75 Å². The summed E-state index contributed by atoms with van der Waals surface area (Å²) in [5.74, 6) is 0.337. The molecule has 3 heteroatoms. The molecule has 0 fully saturated rings. The minimum absolute atomic E-state index is 0.0353. The van der Waals surface area contributed by atoms with Gasteiger partial charge < -0.3 is 0 Å². The molecule has 0 spiro atoms. The topological polar surface area (TPSA) is 46.2 Å². The molecular formula is C11H16AsNO. The van der Waals surface area contributed by atoms with Crippen LogP contribution in [0.4, 0.5) is 5.69 Å². The Morgan fingerprint density at radius 3 is 2.43 bits per heavy atom. The van der Waals surface area contributed by atoms with Crippen LogP contribution in [0, 0.1) is 0 Å². The Morgan fingerprint density at radius 2 is 1.93 bits per heavy atom. The molecule has 1 aromatic carbocycles. The van der Waals surface area contributed by atoms with E-state index in [1.807, 2.05) is 6.07 Å². The van der Waals surface area contributed by atoms with Gasteiger partial charge in [0.25, 0.3) is 0 Å². The molecule has 0 aliphatic rings. The van der Waals surface area contributed by atoms with Crippen LogP contribution in [0.3, 0.4) is 0 Å². The number of phenolic OH excluding ortho intramolecular Hbond substituents is 1. The van der Waals surface area contributed by atoms with Gasteiger partial charge in [0.1, 0.15) is 0 Å². The van der Waals surface area contributed by atoms with Gasteiger partial charge in [-0.2, -0.15) is 0 Å². The number of benzene rings is 1. The van der Waals surface area contributed by atoms with Crippen LogP contribution in [0.25, 0.3) is 0 Å². The van der Waals surface area contributed by atoms with Crippen LogP contribution >= 0.6 is 0 Å². The molecule has 1 aromatic rings. The Balaban J connectivity index is 3.22. The van der Waals surface area contributed by atoms with E-state index in [-0.39, 0.29) is 4.20 Å². The molecule has 1 rings (SSSR count). The van der Waals surface area contributed by atoms with Crippen molar-refractivity contribution >= 4 is 22.5 Å². The van der Waals surface area contributed by atoms with Crippen molar-refractivity contribution in [3.8, 4) is 5.75 Å². The first-order valence-corrected chi connectivity index (χ1v) is 5.78. The molecule has 0 saturated carbocycles. The van der Waals surface area contributed by atoms with Crippen LogP contribution in [-0.4, -0.2) is 22.0 Å². The normalized spacial score (nSPS) is 11.6. The quantitative estimate of drug-likeness (QED) is 0.492. The second-order valence-corrected chi connectivity index (χ2v) is 5.31. The van der Waals surface area contributed by atoms with Gasteiger partial charge in [-0.05, 0) is 0 Å². The van der Waals surface area contributed by atoms with Gasteiger partial charge in [0.15, 0.2) is 0 Å². The summed E-state index contributed by atoms with van der Waals surface area (Å²) in [6.07, 6.45) is 1.95. The van der Waals surface area contributed by atoms with Gasteiger partial charge in [0.2, 0.25) is 0 Å². The molecule has 0 amide bonds. The Kier molecular flexibility index (Phi) is 3.49. The predicted octanol–water partition coefficient (Wildman–Crippen LogP) is 2.16. The Bertz CT molecular complexity index is 321. The fourth-order valence-corrected chi connectivity index (χ4v) is 1.93. The Morgan fingerprint density at radius 1 is 1.36 bits per heavy atom. The molecule has 0 aromatic heterocycles. The van der Waals surface area contributed by atoms with Crippen LogP contribution in [0.15, 0.2) is 18.2 Å². The summed E-state index contributed by atoms with van der Waals surface area (Å²) < 4.78 is -0.0353. The third kappa shape index (κ3) is 2.06. The number of aromatic hydroxyl groups is 1. The number of hydrogen-bond donors (Lipinski definition) is 2. The molecule has 76 valence electrons. The predicted molar refractivity (Wildman–Crippen MR) is 60.5 cm³/mol. The van der Waals surface area contributed by atoms with Gasteiger partial charge in [-0.3, -0.25) is 0 Å². The van der Waals surface area contributed by atoms with E-state index in [1.165, 1.54) is 0 Å². The number of nitrogen functional groups attached to an aromatic ring is 1. The van der Waals surface area contributed by atoms with Crippen LogP contribution in [0.1, 0.15) is 32.3 Å². The van der Waals surface area contributed by atoms with Crippen molar-refractivity contribution in [2.24, 2.45) is 0 Å². The molecular weight excluding hydrogens is 237 g/mol. The van der Waals surface area contributed by atoms with E-state index >= 15 is 0 Å². The SMILES string of the molecule is CCC([As])(CC)c1cc(N)ccc1O. The third-order valence-electron chi connectivity index (χ3n) is 2.69. The van der Waals surface area contributed by atoms with E-state index in [9.17, 15) is 5.11 Å². The average Bonchev–Trinajstić information content (AvgIpc) is 2.20. The van der Waals surface area contributed by atoms with Crippen LogP contribution in [-0.2, 0) is 4.20 Å². The molecule has 0 bridgehead atoms. The number of phenols is 1. The van der Waals surface area contributed by atoms with Crippen molar-refractivity contribution in [2.75, 3.05) is 5.73 Å². The third-order valence-corrected chi connectivity index (χ3v) is 4.52. The summed E-state index contributed by atoms with van der Waals surface area (Å²) in [7, 11) is 0. The van der Waals surface area contributed by atoms with E-state index in [1.54, 1.807) is 12.1 Å². The Labute approximate surface area is 94.0 Å². The van der Waals surface area contributed by atoms with Gasteiger partial charge in [0.05, 0.1) is 0 Å². The molecule has 0 unspecified atom stereocenters. The summed E-state index contributed by atoms with van der Waals surface area (Å²) in [5, 5.41) is 9.77.